The fourth-order valence-electron chi connectivity index (χ4n) is 2.17. The Morgan fingerprint density at radius 2 is 2.42 bits per heavy atom. The molecule has 5 heteroatoms. The molecule has 0 spiro atoms. The Balaban J connectivity index is 1.76. The van der Waals surface area contributed by atoms with Gasteiger partial charge in [-0.25, -0.2) is 4.39 Å². The number of ether oxygens (including phenoxy) is 1. The highest BCUT2D eigenvalue weighted by Crippen LogP contribution is 2.13. The summed E-state index contributed by atoms with van der Waals surface area (Å²) in [5.41, 5.74) is 0.984. The van der Waals surface area contributed by atoms with Crippen molar-refractivity contribution in [3.05, 3.63) is 29.8 Å². The van der Waals surface area contributed by atoms with Crippen LogP contribution in [-0.4, -0.2) is 43.7 Å². The Morgan fingerprint density at radius 1 is 1.58 bits per heavy atom. The Bertz CT molecular complexity index is 439. The second kappa shape index (κ2) is 6.52. The highest BCUT2D eigenvalue weighted by molar-refractivity contribution is 5.78. The van der Waals surface area contributed by atoms with Crippen molar-refractivity contribution < 1.29 is 13.9 Å². The normalized spacial score (nSPS) is 19.4. The summed E-state index contributed by atoms with van der Waals surface area (Å²) in [5.74, 6) is 0.698. The van der Waals surface area contributed by atoms with E-state index < -0.39 is 6.17 Å². The quantitative estimate of drug-likeness (QED) is 0.875. The number of amides is 1. The molecule has 104 valence electrons. The number of carbonyl (C=O) groups is 1. The number of carbonyl (C=O) groups excluding carboxylic acids is 1. The first-order valence-corrected chi connectivity index (χ1v) is 6.43. The lowest BCUT2D eigenvalue weighted by Gasteiger charge is -2.14. The summed E-state index contributed by atoms with van der Waals surface area (Å²) in [4.78, 5) is 13.6. The number of halogens is 1. The molecule has 1 N–H and O–H groups in total. The predicted octanol–water partition coefficient (Wildman–Crippen LogP) is 1.36. The van der Waals surface area contributed by atoms with Crippen LogP contribution in [0.4, 0.5) is 4.39 Å². The number of alkyl halides is 1. The lowest BCUT2D eigenvalue weighted by Crippen LogP contribution is -2.35. The predicted molar refractivity (Wildman–Crippen MR) is 70.8 cm³/mol. The van der Waals surface area contributed by atoms with Gasteiger partial charge in [-0.1, -0.05) is 12.1 Å². The lowest BCUT2D eigenvalue weighted by atomic mass is 10.2. The van der Waals surface area contributed by atoms with Crippen molar-refractivity contribution >= 4 is 5.91 Å². The van der Waals surface area contributed by atoms with E-state index in [0.29, 0.717) is 26.1 Å². The van der Waals surface area contributed by atoms with Gasteiger partial charge in [-0.05, 0) is 24.1 Å². The fraction of sp³-hybridized carbons (Fsp3) is 0.500. The van der Waals surface area contributed by atoms with E-state index in [9.17, 15) is 9.18 Å². The summed E-state index contributed by atoms with van der Waals surface area (Å²) in [6.07, 6.45) is -0.255. The molecule has 4 nitrogen and oxygen atoms in total. The fourth-order valence-corrected chi connectivity index (χ4v) is 2.17. The molecule has 0 aromatic heterocycles. The average Bonchev–Trinajstić information content (AvgIpc) is 2.82. The molecule has 0 saturated carbocycles. The highest BCUT2D eigenvalue weighted by Gasteiger charge is 2.23. The van der Waals surface area contributed by atoms with Crippen LogP contribution in [0.3, 0.4) is 0 Å². The first-order valence-electron chi connectivity index (χ1n) is 6.43. The molecule has 1 amide bonds. The van der Waals surface area contributed by atoms with Crippen molar-refractivity contribution in [1.82, 2.24) is 10.2 Å². The number of benzene rings is 1. The third-order valence-corrected chi connectivity index (χ3v) is 3.21. The van der Waals surface area contributed by atoms with Gasteiger partial charge in [0.05, 0.1) is 13.7 Å². The minimum atomic E-state index is -0.786. The third kappa shape index (κ3) is 4.21. The largest absolute Gasteiger partial charge is 0.497 e. The minimum absolute atomic E-state index is 0.0723. The highest BCUT2D eigenvalue weighted by atomic mass is 19.1. The van der Waals surface area contributed by atoms with Crippen LogP contribution in [0.2, 0.25) is 0 Å². The molecular formula is C14H19FN2O2. The molecule has 1 saturated heterocycles. The summed E-state index contributed by atoms with van der Waals surface area (Å²) in [6, 6.07) is 7.55. The second-order valence-corrected chi connectivity index (χ2v) is 4.75. The van der Waals surface area contributed by atoms with Gasteiger partial charge in [0.2, 0.25) is 5.91 Å². The smallest absolute Gasteiger partial charge is 0.234 e. The van der Waals surface area contributed by atoms with Gasteiger partial charge in [-0.2, -0.15) is 0 Å². The van der Waals surface area contributed by atoms with Crippen molar-refractivity contribution in [1.29, 1.82) is 0 Å². The van der Waals surface area contributed by atoms with Crippen molar-refractivity contribution in [2.75, 3.05) is 26.7 Å². The zero-order valence-corrected chi connectivity index (χ0v) is 11.1. The van der Waals surface area contributed by atoms with Gasteiger partial charge in [-0.15, -0.1) is 0 Å². The number of rotatable bonds is 5. The average molecular weight is 266 g/mol. The number of nitrogens with one attached hydrogen (secondary N) is 1. The second-order valence-electron chi connectivity index (χ2n) is 4.75. The molecule has 0 radical (unpaired) electrons. The molecule has 1 atom stereocenters. The van der Waals surface area contributed by atoms with Crippen LogP contribution < -0.4 is 10.1 Å². The van der Waals surface area contributed by atoms with Gasteiger partial charge >= 0.3 is 0 Å². The molecule has 1 fully saturated rings. The van der Waals surface area contributed by atoms with Gasteiger partial charge in [0, 0.05) is 19.6 Å². The zero-order valence-electron chi connectivity index (χ0n) is 11.1. The van der Waals surface area contributed by atoms with E-state index in [1.807, 2.05) is 29.2 Å². The number of hydrogen-bond donors (Lipinski definition) is 1. The van der Waals surface area contributed by atoms with Crippen molar-refractivity contribution in [3.8, 4) is 5.75 Å². The van der Waals surface area contributed by atoms with E-state index in [4.69, 9.17) is 4.74 Å². The molecule has 1 aromatic carbocycles. The van der Waals surface area contributed by atoms with Crippen LogP contribution in [0, 0.1) is 0 Å². The molecule has 0 aliphatic carbocycles. The topological polar surface area (TPSA) is 41.6 Å². The molecule has 1 heterocycles. The number of methoxy groups -OCH3 is 1. The van der Waals surface area contributed by atoms with E-state index in [2.05, 4.69) is 5.32 Å². The van der Waals surface area contributed by atoms with Gasteiger partial charge in [-0.3, -0.25) is 9.69 Å². The zero-order chi connectivity index (χ0) is 13.7. The third-order valence-electron chi connectivity index (χ3n) is 3.21. The van der Waals surface area contributed by atoms with Crippen molar-refractivity contribution in [3.63, 3.8) is 0 Å². The number of hydrogen-bond acceptors (Lipinski definition) is 3. The molecule has 1 unspecified atom stereocenters. The maximum Gasteiger partial charge on any atom is 0.234 e. The SMILES string of the molecule is COc1cccc(CNC(=O)CN2CCC(F)C2)c1. The maximum absolute atomic E-state index is 13.0. The molecule has 0 bridgehead atoms. The molecule has 19 heavy (non-hydrogen) atoms. The molecule has 1 aliphatic heterocycles. The summed E-state index contributed by atoms with van der Waals surface area (Å²) in [6.45, 7) is 1.76. The first kappa shape index (κ1) is 13.8. The monoisotopic (exact) mass is 266 g/mol. The van der Waals surface area contributed by atoms with Gasteiger partial charge in [0.15, 0.2) is 0 Å². The standard InChI is InChI=1S/C14H19FN2O2/c1-19-13-4-2-3-11(7-13)8-16-14(18)10-17-6-5-12(15)9-17/h2-4,7,12H,5-6,8-10H2,1H3,(H,16,18). The summed E-state index contributed by atoms with van der Waals surface area (Å²) in [5, 5.41) is 2.83. The van der Waals surface area contributed by atoms with Crippen LogP contribution in [0.15, 0.2) is 24.3 Å². The van der Waals surface area contributed by atoms with E-state index in [-0.39, 0.29) is 12.5 Å². The van der Waals surface area contributed by atoms with Crippen LogP contribution in [-0.2, 0) is 11.3 Å². The number of nitrogens with zero attached hydrogens (tertiary/aromatic N) is 1. The summed E-state index contributed by atoms with van der Waals surface area (Å²) >= 11 is 0. The van der Waals surface area contributed by atoms with E-state index >= 15 is 0 Å². The van der Waals surface area contributed by atoms with Gasteiger partial charge in [0.1, 0.15) is 11.9 Å². The van der Waals surface area contributed by atoms with Crippen LogP contribution in [0.25, 0.3) is 0 Å². The maximum atomic E-state index is 13.0. The van der Waals surface area contributed by atoms with E-state index in [1.165, 1.54) is 0 Å². The van der Waals surface area contributed by atoms with Gasteiger partial charge < -0.3 is 10.1 Å². The lowest BCUT2D eigenvalue weighted by molar-refractivity contribution is -0.122. The van der Waals surface area contributed by atoms with Crippen molar-refractivity contribution in [2.45, 2.75) is 19.1 Å². The molecule has 1 aromatic rings. The molecule has 1 aliphatic rings. The summed E-state index contributed by atoms with van der Waals surface area (Å²) in [7, 11) is 1.61. The Morgan fingerprint density at radius 3 is 3.11 bits per heavy atom. The summed E-state index contributed by atoms with van der Waals surface area (Å²) < 4.78 is 18.1. The Labute approximate surface area is 112 Å². The van der Waals surface area contributed by atoms with Crippen LogP contribution >= 0.6 is 0 Å². The van der Waals surface area contributed by atoms with E-state index in [1.54, 1.807) is 7.11 Å². The van der Waals surface area contributed by atoms with Crippen molar-refractivity contribution in [2.24, 2.45) is 0 Å². The van der Waals surface area contributed by atoms with Crippen LogP contribution in [0.1, 0.15) is 12.0 Å². The Hall–Kier alpha value is -1.62. The first-order chi connectivity index (χ1) is 9.17. The molecular weight excluding hydrogens is 247 g/mol. The van der Waals surface area contributed by atoms with Gasteiger partial charge in [0.25, 0.3) is 0 Å². The number of likely N-dealkylation sites (tertiary alicyclic amines) is 1. The van der Waals surface area contributed by atoms with Crippen LogP contribution in [0.5, 0.6) is 5.75 Å². The minimum Gasteiger partial charge on any atom is -0.497 e. The molecule has 2 rings (SSSR count). The Kier molecular flexibility index (Phi) is 4.74. The van der Waals surface area contributed by atoms with E-state index in [0.717, 1.165) is 11.3 Å².